The molecule has 0 fully saturated rings. The molecule has 0 spiro atoms. The van der Waals surface area contributed by atoms with Gasteiger partial charge in [-0.3, -0.25) is 4.79 Å². The zero-order valence-electron chi connectivity index (χ0n) is 6.36. The van der Waals surface area contributed by atoms with E-state index in [9.17, 15) is 4.79 Å². The molecule has 5 heteroatoms. The molecule has 0 rings (SSSR count). The van der Waals surface area contributed by atoms with Crippen LogP contribution in [0.15, 0.2) is 0 Å². The number of carbonyl (C=O) groups excluding carboxylic acids is 1. The molecule has 0 aromatic carbocycles. The molecule has 0 aromatic rings. The van der Waals surface area contributed by atoms with Crippen LogP contribution < -0.4 is 5.73 Å². The van der Waals surface area contributed by atoms with Crippen molar-refractivity contribution in [3.05, 3.63) is 0 Å². The number of primary amides is 1. The molecule has 1 amide bonds. The lowest BCUT2D eigenvalue weighted by molar-refractivity contribution is -0.117. The molecule has 0 aliphatic heterocycles. The fourth-order valence-corrected chi connectivity index (χ4v) is 1.17. The molecule has 0 radical (unpaired) electrons. The third kappa shape index (κ3) is 5.06. The maximum atomic E-state index is 10.5. The van der Waals surface area contributed by atoms with Gasteiger partial charge in [0, 0.05) is 5.75 Å². The van der Waals surface area contributed by atoms with Gasteiger partial charge in [-0.25, -0.2) is 0 Å². The van der Waals surface area contributed by atoms with E-state index >= 15 is 0 Å². The highest BCUT2D eigenvalue weighted by Gasteiger charge is 2.11. The number of amides is 1. The Kier molecular flexibility index (Phi) is 5.27. The van der Waals surface area contributed by atoms with Gasteiger partial charge in [0.2, 0.25) is 5.91 Å². The van der Waals surface area contributed by atoms with Crippen molar-refractivity contribution in [2.24, 2.45) is 5.73 Å². The molecule has 0 aliphatic rings. The van der Waals surface area contributed by atoms with Gasteiger partial charge in [0.15, 0.2) is 0 Å². The first-order valence-electron chi connectivity index (χ1n) is 3.27. The Bertz CT molecular complexity index is 131. The second-order valence-corrected chi connectivity index (χ2v) is 3.59. The molecule has 0 aromatic heterocycles. The van der Waals surface area contributed by atoms with Crippen LogP contribution in [0.3, 0.4) is 0 Å². The molecular weight excluding hydrogens is 166 g/mol. The van der Waals surface area contributed by atoms with Gasteiger partial charge in [-0.05, 0) is 6.92 Å². The Morgan fingerprint density at radius 2 is 2.27 bits per heavy atom. The summed E-state index contributed by atoms with van der Waals surface area (Å²) in [4.78, 5) is 10.5. The van der Waals surface area contributed by atoms with E-state index in [2.05, 4.69) is 0 Å². The molecule has 2 unspecified atom stereocenters. The Labute approximate surface area is 69.8 Å². The summed E-state index contributed by atoms with van der Waals surface area (Å²) in [5.41, 5.74) is 4.96. The number of thioether (sulfide) groups is 1. The summed E-state index contributed by atoms with van der Waals surface area (Å²) in [6, 6.07) is 0. The average Bonchev–Trinajstić information content (AvgIpc) is 1.99. The maximum absolute atomic E-state index is 10.5. The SMILES string of the molecule is CC(SCC(O)CO)C(N)=O. The van der Waals surface area contributed by atoms with E-state index in [0.717, 1.165) is 0 Å². The predicted molar refractivity (Wildman–Crippen MR) is 44.2 cm³/mol. The van der Waals surface area contributed by atoms with Crippen LogP contribution in [0.5, 0.6) is 0 Å². The smallest absolute Gasteiger partial charge is 0.230 e. The van der Waals surface area contributed by atoms with E-state index < -0.39 is 12.0 Å². The maximum Gasteiger partial charge on any atom is 0.230 e. The molecule has 0 aliphatic carbocycles. The second-order valence-electron chi connectivity index (χ2n) is 2.21. The van der Waals surface area contributed by atoms with Crippen molar-refractivity contribution in [3.8, 4) is 0 Å². The van der Waals surface area contributed by atoms with Crippen molar-refractivity contribution >= 4 is 17.7 Å². The summed E-state index contributed by atoms with van der Waals surface area (Å²) in [6.45, 7) is 1.38. The molecule has 11 heavy (non-hydrogen) atoms. The van der Waals surface area contributed by atoms with Gasteiger partial charge in [-0.2, -0.15) is 0 Å². The van der Waals surface area contributed by atoms with E-state index in [4.69, 9.17) is 15.9 Å². The number of aliphatic hydroxyl groups excluding tert-OH is 2. The topological polar surface area (TPSA) is 83.6 Å². The number of rotatable bonds is 5. The summed E-state index contributed by atoms with van der Waals surface area (Å²) >= 11 is 1.23. The minimum Gasteiger partial charge on any atom is -0.394 e. The summed E-state index contributed by atoms with van der Waals surface area (Å²) in [5, 5.41) is 17.0. The Balaban J connectivity index is 3.45. The number of aliphatic hydroxyl groups is 2. The zero-order valence-corrected chi connectivity index (χ0v) is 7.17. The van der Waals surface area contributed by atoms with Gasteiger partial charge in [0.1, 0.15) is 0 Å². The van der Waals surface area contributed by atoms with Crippen molar-refractivity contribution in [1.29, 1.82) is 0 Å². The van der Waals surface area contributed by atoms with Gasteiger partial charge in [-0.1, -0.05) is 0 Å². The van der Waals surface area contributed by atoms with Gasteiger partial charge in [0.25, 0.3) is 0 Å². The van der Waals surface area contributed by atoms with Crippen molar-refractivity contribution in [2.45, 2.75) is 18.3 Å². The first-order valence-corrected chi connectivity index (χ1v) is 4.32. The quantitative estimate of drug-likeness (QED) is 0.502. The van der Waals surface area contributed by atoms with Crippen LogP contribution >= 0.6 is 11.8 Å². The Morgan fingerprint density at radius 1 is 1.73 bits per heavy atom. The molecule has 0 saturated carbocycles. The molecule has 2 atom stereocenters. The van der Waals surface area contributed by atoms with Crippen molar-refractivity contribution < 1.29 is 15.0 Å². The van der Waals surface area contributed by atoms with Crippen molar-refractivity contribution in [1.82, 2.24) is 0 Å². The van der Waals surface area contributed by atoms with Gasteiger partial charge in [0.05, 0.1) is 18.0 Å². The van der Waals surface area contributed by atoms with Crippen LogP contribution in [-0.2, 0) is 4.79 Å². The third-order valence-electron chi connectivity index (χ3n) is 1.15. The molecule has 66 valence electrons. The fraction of sp³-hybridized carbons (Fsp3) is 0.833. The normalized spacial score (nSPS) is 15.9. The largest absolute Gasteiger partial charge is 0.394 e. The van der Waals surface area contributed by atoms with Crippen LogP contribution in [-0.4, -0.2) is 39.8 Å². The minimum absolute atomic E-state index is 0.279. The second kappa shape index (κ2) is 5.40. The number of hydrogen-bond acceptors (Lipinski definition) is 4. The minimum atomic E-state index is -0.762. The van der Waals surface area contributed by atoms with Gasteiger partial charge in [-0.15, -0.1) is 11.8 Å². The lowest BCUT2D eigenvalue weighted by Gasteiger charge is -2.09. The van der Waals surface area contributed by atoms with Crippen LogP contribution in [0.25, 0.3) is 0 Å². The number of carbonyl (C=O) groups is 1. The monoisotopic (exact) mass is 179 g/mol. The number of nitrogens with two attached hydrogens (primary N) is 1. The van der Waals surface area contributed by atoms with E-state index in [1.54, 1.807) is 6.92 Å². The summed E-state index contributed by atoms with van der Waals surface area (Å²) in [5.74, 6) is -0.0687. The molecule has 4 nitrogen and oxygen atoms in total. The predicted octanol–water partition coefficient (Wildman–Crippen LogP) is -1.05. The highest BCUT2D eigenvalue weighted by molar-refractivity contribution is 8.00. The Hall–Kier alpha value is -0.260. The van der Waals surface area contributed by atoms with Crippen LogP contribution in [0.4, 0.5) is 0 Å². The van der Waals surface area contributed by atoms with Gasteiger partial charge >= 0.3 is 0 Å². The first-order chi connectivity index (χ1) is 5.07. The third-order valence-corrected chi connectivity index (χ3v) is 2.46. The fourth-order valence-electron chi connectivity index (χ4n) is 0.390. The van der Waals surface area contributed by atoms with Crippen LogP contribution in [0, 0.1) is 0 Å². The first kappa shape index (κ1) is 10.7. The zero-order chi connectivity index (χ0) is 8.85. The highest BCUT2D eigenvalue weighted by atomic mass is 32.2. The average molecular weight is 179 g/mol. The van der Waals surface area contributed by atoms with E-state index in [0.29, 0.717) is 5.75 Å². The lowest BCUT2D eigenvalue weighted by Crippen LogP contribution is -2.25. The summed E-state index contributed by atoms with van der Waals surface area (Å²) in [7, 11) is 0. The van der Waals surface area contributed by atoms with Crippen molar-refractivity contribution in [2.75, 3.05) is 12.4 Å². The van der Waals surface area contributed by atoms with E-state index in [1.165, 1.54) is 11.8 Å². The van der Waals surface area contributed by atoms with E-state index in [1.807, 2.05) is 0 Å². The molecule has 4 N–H and O–H groups in total. The molecular formula is C6H13NO3S. The van der Waals surface area contributed by atoms with E-state index in [-0.39, 0.29) is 11.9 Å². The Morgan fingerprint density at radius 3 is 2.64 bits per heavy atom. The summed E-state index contributed by atoms with van der Waals surface area (Å²) in [6.07, 6.45) is -0.762. The number of hydrogen-bond donors (Lipinski definition) is 3. The standard InChI is InChI=1S/C6H13NO3S/c1-4(6(7)10)11-3-5(9)2-8/h4-5,8-9H,2-3H2,1H3,(H2,7,10). The van der Waals surface area contributed by atoms with Gasteiger partial charge < -0.3 is 15.9 Å². The molecule has 0 heterocycles. The van der Waals surface area contributed by atoms with Crippen LogP contribution in [0.2, 0.25) is 0 Å². The molecule has 0 saturated heterocycles. The summed E-state index contributed by atoms with van der Waals surface area (Å²) < 4.78 is 0. The highest BCUT2D eigenvalue weighted by Crippen LogP contribution is 2.10. The lowest BCUT2D eigenvalue weighted by atomic mass is 10.4. The van der Waals surface area contributed by atoms with Crippen molar-refractivity contribution in [3.63, 3.8) is 0 Å². The van der Waals surface area contributed by atoms with Crippen LogP contribution in [0.1, 0.15) is 6.92 Å². The molecule has 0 bridgehead atoms.